The molecule has 0 aliphatic heterocycles. The highest BCUT2D eigenvalue weighted by molar-refractivity contribution is 6.03. The van der Waals surface area contributed by atoms with Crippen molar-refractivity contribution in [1.82, 2.24) is 9.78 Å². The van der Waals surface area contributed by atoms with E-state index in [-0.39, 0.29) is 11.3 Å². The number of hydrogen-bond donors (Lipinski definition) is 3. The second-order valence-electron chi connectivity index (χ2n) is 5.88. The van der Waals surface area contributed by atoms with E-state index in [1.807, 2.05) is 11.4 Å². The van der Waals surface area contributed by atoms with Crippen molar-refractivity contribution in [2.24, 2.45) is 7.05 Å². The SMILES string of the molecule is Cn1cc(NC(=O)Nc2c(F)cc(C#Cc3ccccc3)cc2F)c(C(=O)O)n1. The predicted octanol–water partition coefficient (Wildman–Crippen LogP) is 3.44. The van der Waals surface area contributed by atoms with Crippen LogP contribution in [0.4, 0.5) is 25.0 Å². The molecular weight excluding hydrogens is 382 g/mol. The highest BCUT2D eigenvalue weighted by atomic mass is 19.1. The van der Waals surface area contributed by atoms with Gasteiger partial charge in [-0.25, -0.2) is 18.4 Å². The molecule has 146 valence electrons. The molecule has 2 aromatic carbocycles. The fourth-order valence-corrected chi connectivity index (χ4v) is 2.44. The van der Waals surface area contributed by atoms with Crippen molar-refractivity contribution in [3.63, 3.8) is 0 Å². The monoisotopic (exact) mass is 396 g/mol. The molecule has 0 aliphatic rings. The lowest BCUT2D eigenvalue weighted by Gasteiger charge is -2.09. The number of carbonyl (C=O) groups excluding carboxylic acids is 1. The molecule has 0 spiro atoms. The number of aromatic carboxylic acids is 1. The van der Waals surface area contributed by atoms with Gasteiger partial charge in [-0.15, -0.1) is 0 Å². The topological polar surface area (TPSA) is 96.2 Å². The third-order valence-electron chi connectivity index (χ3n) is 3.69. The van der Waals surface area contributed by atoms with Crippen molar-refractivity contribution in [1.29, 1.82) is 0 Å². The Hall–Kier alpha value is -4.19. The summed E-state index contributed by atoms with van der Waals surface area (Å²) in [4.78, 5) is 23.2. The zero-order valence-electron chi connectivity index (χ0n) is 15.0. The number of carboxylic acid groups (broad SMARTS) is 1. The number of halogens is 2. The molecule has 0 saturated carbocycles. The number of carbonyl (C=O) groups is 2. The molecule has 3 aromatic rings. The summed E-state index contributed by atoms with van der Waals surface area (Å²) in [6.45, 7) is 0. The zero-order valence-corrected chi connectivity index (χ0v) is 15.0. The van der Waals surface area contributed by atoms with Gasteiger partial charge in [-0.2, -0.15) is 5.10 Å². The van der Waals surface area contributed by atoms with Crippen molar-refractivity contribution in [2.45, 2.75) is 0 Å². The molecule has 1 aromatic heterocycles. The van der Waals surface area contributed by atoms with Gasteiger partial charge in [0, 0.05) is 24.4 Å². The summed E-state index contributed by atoms with van der Waals surface area (Å²) >= 11 is 0. The lowest BCUT2D eigenvalue weighted by Crippen LogP contribution is -2.22. The van der Waals surface area contributed by atoms with E-state index in [9.17, 15) is 18.4 Å². The Bertz CT molecular complexity index is 1120. The highest BCUT2D eigenvalue weighted by Crippen LogP contribution is 2.21. The van der Waals surface area contributed by atoms with E-state index in [0.29, 0.717) is 5.56 Å². The van der Waals surface area contributed by atoms with E-state index in [4.69, 9.17) is 5.11 Å². The maximum Gasteiger partial charge on any atom is 0.358 e. The number of benzene rings is 2. The van der Waals surface area contributed by atoms with Crippen LogP contribution in [0, 0.1) is 23.5 Å². The third-order valence-corrected chi connectivity index (χ3v) is 3.69. The normalized spacial score (nSPS) is 10.0. The molecule has 29 heavy (non-hydrogen) atoms. The molecule has 1 heterocycles. The van der Waals surface area contributed by atoms with E-state index < -0.39 is 35.0 Å². The van der Waals surface area contributed by atoms with E-state index >= 15 is 0 Å². The van der Waals surface area contributed by atoms with Gasteiger partial charge in [0.15, 0.2) is 17.3 Å². The number of aromatic nitrogens is 2. The number of anilines is 2. The summed E-state index contributed by atoms with van der Waals surface area (Å²) in [7, 11) is 1.46. The fraction of sp³-hybridized carbons (Fsp3) is 0.0500. The molecule has 0 fully saturated rings. The minimum atomic E-state index is -1.36. The Morgan fingerprint density at radius 1 is 1.03 bits per heavy atom. The van der Waals surface area contributed by atoms with Gasteiger partial charge in [0.1, 0.15) is 5.69 Å². The van der Waals surface area contributed by atoms with Gasteiger partial charge >= 0.3 is 12.0 Å². The van der Waals surface area contributed by atoms with E-state index in [1.54, 1.807) is 24.3 Å². The van der Waals surface area contributed by atoms with E-state index in [1.165, 1.54) is 17.9 Å². The van der Waals surface area contributed by atoms with Crippen LogP contribution in [-0.2, 0) is 7.05 Å². The number of amides is 2. The van der Waals surface area contributed by atoms with Crippen molar-refractivity contribution in [2.75, 3.05) is 10.6 Å². The van der Waals surface area contributed by atoms with Gasteiger partial charge in [-0.3, -0.25) is 4.68 Å². The Kier molecular flexibility index (Phi) is 5.55. The first kappa shape index (κ1) is 19.6. The van der Waals surface area contributed by atoms with E-state index in [0.717, 1.165) is 12.1 Å². The van der Waals surface area contributed by atoms with Gasteiger partial charge in [0.25, 0.3) is 0 Å². The molecule has 7 nitrogen and oxygen atoms in total. The van der Waals surface area contributed by atoms with Crippen molar-refractivity contribution in [3.05, 3.63) is 77.1 Å². The minimum Gasteiger partial charge on any atom is -0.476 e. The predicted molar refractivity (Wildman–Crippen MR) is 102 cm³/mol. The number of nitrogens with one attached hydrogen (secondary N) is 2. The van der Waals surface area contributed by atoms with Crippen molar-refractivity contribution < 1.29 is 23.5 Å². The van der Waals surface area contributed by atoms with Crippen LogP contribution >= 0.6 is 0 Å². The average molecular weight is 396 g/mol. The van der Waals surface area contributed by atoms with Crippen LogP contribution < -0.4 is 10.6 Å². The number of nitrogens with zero attached hydrogens (tertiary/aromatic N) is 2. The molecule has 0 saturated heterocycles. The summed E-state index contributed by atoms with van der Waals surface area (Å²) in [5, 5.41) is 17.0. The van der Waals surface area contributed by atoms with Gasteiger partial charge in [0.05, 0.1) is 5.69 Å². The Labute approximate surface area is 164 Å². The van der Waals surface area contributed by atoms with Gasteiger partial charge in [0.2, 0.25) is 0 Å². The molecule has 3 rings (SSSR count). The number of hydrogen-bond acceptors (Lipinski definition) is 3. The fourth-order valence-electron chi connectivity index (χ4n) is 2.44. The summed E-state index contributed by atoms with van der Waals surface area (Å²) in [5.74, 6) is 2.02. The van der Waals surface area contributed by atoms with Gasteiger partial charge in [-0.05, 0) is 24.3 Å². The first-order chi connectivity index (χ1) is 13.8. The van der Waals surface area contributed by atoms with Gasteiger partial charge in [-0.1, -0.05) is 30.0 Å². The lowest BCUT2D eigenvalue weighted by atomic mass is 10.1. The number of rotatable bonds is 3. The van der Waals surface area contributed by atoms with Crippen LogP contribution in [0.3, 0.4) is 0 Å². The minimum absolute atomic E-state index is 0.0928. The van der Waals surface area contributed by atoms with Crippen LogP contribution in [0.1, 0.15) is 21.6 Å². The van der Waals surface area contributed by atoms with Crippen molar-refractivity contribution in [3.8, 4) is 11.8 Å². The van der Waals surface area contributed by atoms with Gasteiger partial charge < -0.3 is 15.7 Å². The third kappa shape index (κ3) is 4.75. The lowest BCUT2D eigenvalue weighted by molar-refractivity contribution is 0.0690. The second kappa shape index (κ2) is 8.22. The number of aryl methyl sites for hydroxylation is 1. The molecular formula is C20H14F2N4O3. The molecule has 0 bridgehead atoms. The molecule has 0 aliphatic carbocycles. The maximum absolute atomic E-state index is 14.3. The first-order valence-electron chi connectivity index (χ1n) is 8.24. The number of carboxylic acids is 1. The largest absolute Gasteiger partial charge is 0.476 e. The molecule has 2 amide bonds. The Balaban J connectivity index is 1.77. The van der Waals surface area contributed by atoms with Crippen LogP contribution in [0.15, 0.2) is 48.7 Å². The Morgan fingerprint density at radius 3 is 2.28 bits per heavy atom. The standard InChI is InChI=1S/C20H14F2N4O3/c1-26-11-16(18(25-26)19(27)28)23-20(29)24-17-14(21)9-13(10-15(17)22)8-7-12-5-3-2-4-6-12/h2-6,9-11H,1H3,(H,27,28)(H2,23,24,29). The van der Waals surface area contributed by atoms with Crippen LogP contribution in [-0.4, -0.2) is 26.9 Å². The van der Waals surface area contributed by atoms with Crippen LogP contribution in [0.2, 0.25) is 0 Å². The molecule has 0 unspecified atom stereocenters. The Morgan fingerprint density at radius 2 is 1.66 bits per heavy atom. The maximum atomic E-state index is 14.3. The number of urea groups is 1. The summed E-state index contributed by atoms with van der Waals surface area (Å²) in [6.07, 6.45) is 1.25. The average Bonchev–Trinajstić information content (AvgIpc) is 3.04. The second-order valence-corrected chi connectivity index (χ2v) is 5.88. The van der Waals surface area contributed by atoms with Crippen molar-refractivity contribution >= 4 is 23.4 Å². The summed E-state index contributed by atoms with van der Waals surface area (Å²) in [6, 6.07) is 9.85. The van der Waals surface area contributed by atoms with E-state index in [2.05, 4.69) is 22.3 Å². The zero-order chi connectivity index (χ0) is 21.0. The molecule has 0 atom stereocenters. The summed E-state index contributed by atoms with van der Waals surface area (Å²) in [5.41, 5.74) is -0.442. The van der Waals surface area contributed by atoms with Crippen LogP contribution in [0.25, 0.3) is 0 Å². The quantitative estimate of drug-likeness (QED) is 0.591. The molecule has 3 N–H and O–H groups in total. The smallest absolute Gasteiger partial charge is 0.358 e. The first-order valence-corrected chi connectivity index (χ1v) is 8.24. The summed E-state index contributed by atoms with van der Waals surface area (Å²) < 4.78 is 29.8. The molecule has 0 radical (unpaired) electrons. The highest BCUT2D eigenvalue weighted by Gasteiger charge is 2.19. The van der Waals surface area contributed by atoms with Crippen LogP contribution in [0.5, 0.6) is 0 Å². The molecule has 9 heteroatoms.